The summed E-state index contributed by atoms with van der Waals surface area (Å²) < 4.78 is 25.7. The minimum atomic E-state index is -3.46. The van der Waals surface area contributed by atoms with Crippen LogP contribution in [-0.2, 0) is 21.4 Å². The number of hydrogen-bond acceptors (Lipinski definition) is 5. The Labute approximate surface area is 129 Å². The van der Waals surface area contributed by atoms with E-state index < -0.39 is 16.0 Å². The van der Waals surface area contributed by atoms with Crippen LogP contribution in [0.25, 0.3) is 0 Å². The van der Waals surface area contributed by atoms with Gasteiger partial charge in [-0.05, 0) is 24.4 Å². The molecule has 6 nitrogen and oxygen atoms in total. The monoisotopic (exact) mass is 332 g/mol. The quantitative estimate of drug-likeness (QED) is 0.843. The molecular formula is C13H20N2O4S2. The molecule has 21 heavy (non-hydrogen) atoms. The van der Waals surface area contributed by atoms with Crippen molar-refractivity contribution in [3.8, 4) is 0 Å². The summed E-state index contributed by atoms with van der Waals surface area (Å²) in [5.41, 5.74) is 0. The van der Waals surface area contributed by atoms with Gasteiger partial charge in [-0.3, -0.25) is 9.69 Å². The van der Waals surface area contributed by atoms with Crippen LogP contribution in [0.5, 0.6) is 0 Å². The van der Waals surface area contributed by atoms with E-state index in [0.29, 0.717) is 19.6 Å². The zero-order valence-corrected chi connectivity index (χ0v) is 13.4. The summed E-state index contributed by atoms with van der Waals surface area (Å²) in [6.45, 7) is 3.31. The van der Waals surface area contributed by atoms with Crippen LogP contribution in [0.1, 0.15) is 17.7 Å². The van der Waals surface area contributed by atoms with Crippen molar-refractivity contribution in [2.24, 2.45) is 0 Å². The smallest absolute Gasteiger partial charge is 0.304 e. The molecule has 2 rings (SSSR count). The van der Waals surface area contributed by atoms with Crippen LogP contribution in [0.4, 0.5) is 0 Å². The van der Waals surface area contributed by atoms with Crippen molar-refractivity contribution in [2.75, 3.05) is 31.9 Å². The first kappa shape index (κ1) is 16.4. The van der Waals surface area contributed by atoms with Crippen molar-refractivity contribution in [1.82, 2.24) is 9.21 Å². The van der Waals surface area contributed by atoms with E-state index in [0.717, 1.165) is 19.5 Å². The van der Waals surface area contributed by atoms with Crippen molar-refractivity contribution in [1.29, 1.82) is 0 Å². The van der Waals surface area contributed by atoms with E-state index in [4.69, 9.17) is 5.11 Å². The second kappa shape index (κ2) is 7.35. The molecule has 0 amide bonds. The lowest BCUT2D eigenvalue weighted by Crippen LogP contribution is -2.36. The van der Waals surface area contributed by atoms with Crippen LogP contribution in [-0.4, -0.2) is 60.6 Å². The predicted octanol–water partition coefficient (Wildman–Crippen LogP) is 1.06. The summed E-state index contributed by atoms with van der Waals surface area (Å²) in [5, 5.41) is 10.7. The Kier molecular flexibility index (Phi) is 5.74. The number of nitrogens with zero attached hydrogens (tertiary/aromatic N) is 2. The van der Waals surface area contributed by atoms with Crippen molar-refractivity contribution < 1.29 is 18.3 Å². The molecule has 1 aromatic heterocycles. The molecule has 0 radical (unpaired) electrons. The third kappa shape index (κ3) is 5.06. The summed E-state index contributed by atoms with van der Waals surface area (Å²) in [4.78, 5) is 14.1. The number of carboxylic acids is 1. The van der Waals surface area contributed by atoms with Crippen molar-refractivity contribution in [3.05, 3.63) is 22.4 Å². The summed E-state index contributed by atoms with van der Waals surface area (Å²) in [7, 11) is -3.46. The lowest BCUT2D eigenvalue weighted by atomic mass is 10.3. The molecule has 1 N–H and O–H groups in total. The van der Waals surface area contributed by atoms with E-state index in [2.05, 4.69) is 11.0 Å². The first-order valence-electron chi connectivity index (χ1n) is 6.92. The van der Waals surface area contributed by atoms with Gasteiger partial charge >= 0.3 is 5.97 Å². The van der Waals surface area contributed by atoms with E-state index in [-0.39, 0.29) is 12.2 Å². The summed E-state index contributed by atoms with van der Waals surface area (Å²) in [6, 6.07) is 4.09. The molecule has 0 spiro atoms. The molecule has 8 heteroatoms. The second-order valence-electron chi connectivity index (χ2n) is 5.07. The lowest BCUT2D eigenvalue weighted by Gasteiger charge is -2.21. The zero-order valence-electron chi connectivity index (χ0n) is 11.8. The van der Waals surface area contributed by atoms with Gasteiger partial charge in [-0.2, -0.15) is 0 Å². The number of carboxylic acid groups (broad SMARTS) is 1. The average molecular weight is 332 g/mol. The molecule has 0 atom stereocenters. The van der Waals surface area contributed by atoms with Crippen LogP contribution >= 0.6 is 11.3 Å². The minimum Gasteiger partial charge on any atom is -0.481 e. The zero-order chi connectivity index (χ0) is 15.3. The van der Waals surface area contributed by atoms with Gasteiger partial charge in [-0.1, -0.05) is 6.07 Å². The third-order valence-corrected chi connectivity index (χ3v) is 6.21. The lowest BCUT2D eigenvalue weighted by molar-refractivity contribution is -0.136. The number of thiophene rings is 1. The molecule has 1 saturated heterocycles. The van der Waals surface area contributed by atoms with E-state index in [1.165, 1.54) is 9.18 Å². The van der Waals surface area contributed by atoms with Gasteiger partial charge in [0.15, 0.2) is 0 Å². The molecule has 1 aromatic rings. The predicted molar refractivity (Wildman–Crippen MR) is 81.8 cm³/mol. The summed E-state index contributed by atoms with van der Waals surface area (Å²) in [6.07, 6.45) is 0.440. The van der Waals surface area contributed by atoms with Gasteiger partial charge < -0.3 is 5.11 Å². The molecule has 118 valence electrons. The maximum Gasteiger partial charge on any atom is 0.304 e. The van der Waals surface area contributed by atoms with Crippen LogP contribution in [0.3, 0.4) is 0 Å². The SMILES string of the molecule is O=C(O)CCS(=O)(=O)N1CCCN(Cc2cccs2)CC1. The van der Waals surface area contributed by atoms with Crippen LogP contribution in [0, 0.1) is 0 Å². The van der Waals surface area contributed by atoms with E-state index in [9.17, 15) is 13.2 Å². The highest BCUT2D eigenvalue weighted by Gasteiger charge is 2.25. The maximum atomic E-state index is 12.1. The Balaban J connectivity index is 1.89. The van der Waals surface area contributed by atoms with Crippen LogP contribution in [0.15, 0.2) is 17.5 Å². The number of hydrogen-bond donors (Lipinski definition) is 1. The topological polar surface area (TPSA) is 77.9 Å². The standard InChI is InChI=1S/C13H20N2O4S2/c16-13(17)4-10-21(18,19)15-6-2-5-14(7-8-15)11-12-3-1-9-20-12/h1,3,9H,2,4-8,10-11H2,(H,16,17). The largest absolute Gasteiger partial charge is 0.481 e. The fourth-order valence-corrected chi connectivity index (χ4v) is 4.56. The maximum absolute atomic E-state index is 12.1. The average Bonchev–Trinajstić information content (AvgIpc) is 2.81. The number of sulfonamides is 1. The third-order valence-electron chi connectivity index (χ3n) is 3.47. The van der Waals surface area contributed by atoms with E-state index in [1.807, 2.05) is 11.4 Å². The van der Waals surface area contributed by atoms with Gasteiger partial charge in [0, 0.05) is 31.1 Å². The van der Waals surface area contributed by atoms with Gasteiger partial charge in [-0.25, -0.2) is 12.7 Å². The molecule has 1 aliphatic rings. The molecule has 0 saturated carbocycles. The summed E-state index contributed by atoms with van der Waals surface area (Å²) in [5.74, 6) is -1.39. The van der Waals surface area contributed by atoms with Crippen molar-refractivity contribution >= 4 is 27.3 Å². The molecule has 0 bridgehead atoms. The van der Waals surface area contributed by atoms with Gasteiger partial charge in [0.25, 0.3) is 0 Å². The van der Waals surface area contributed by atoms with Gasteiger partial charge in [0.1, 0.15) is 0 Å². The Morgan fingerprint density at radius 3 is 2.76 bits per heavy atom. The first-order valence-corrected chi connectivity index (χ1v) is 9.40. The van der Waals surface area contributed by atoms with E-state index in [1.54, 1.807) is 11.3 Å². The molecule has 1 aliphatic heterocycles. The second-order valence-corrected chi connectivity index (χ2v) is 8.19. The molecule has 0 aliphatic carbocycles. The van der Waals surface area contributed by atoms with Gasteiger partial charge in [0.05, 0.1) is 12.2 Å². The van der Waals surface area contributed by atoms with Crippen molar-refractivity contribution in [3.63, 3.8) is 0 Å². The summed E-state index contributed by atoms with van der Waals surface area (Å²) >= 11 is 1.70. The minimum absolute atomic E-state index is 0.312. The molecule has 1 fully saturated rings. The normalized spacial score (nSPS) is 18.5. The molecule has 2 heterocycles. The first-order chi connectivity index (χ1) is 9.97. The Hall–Kier alpha value is -0.960. The van der Waals surface area contributed by atoms with Crippen LogP contribution in [0.2, 0.25) is 0 Å². The number of aliphatic carboxylic acids is 1. The Bertz CT molecular complexity index is 557. The Morgan fingerprint density at radius 2 is 2.10 bits per heavy atom. The fraction of sp³-hybridized carbons (Fsp3) is 0.615. The fourth-order valence-electron chi connectivity index (χ4n) is 2.35. The highest BCUT2D eigenvalue weighted by molar-refractivity contribution is 7.89. The highest BCUT2D eigenvalue weighted by atomic mass is 32.2. The van der Waals surface area contributed by atoms with Crippen molar-refractivity contribution in [2.45, 2.75) is 19.4 Å². The Morgan fingerprint density at radius 1 is 1.29 bits per heavy atom. The number of rotatable bonds is 6. The number of carbonyl (C=O) groups is 1. The van der Waals surface area contributed by atoms with Gasteiger partial charge in [0.2, 0.25) is 10.0 Å². The molecular weight excluding hydrogens is 312 g/mol. The molecule has 0 aromatic carbocycles. The van der Waals surface area contributed by atoms with Gasteiger partial charge in [-0.15, -0.1) is 11.3 Å². The highest BCUT2D eigenvalue weighted by Crippen LogP contribution is 2.15. The molecule has 0 unspecified atom stereocenters. The van der Waals surface area contributed by atoms with E-state index >= 15 is 0 Å². The van der Waals surface area contributed by atoms with Crippen LogP contribution < -0.4 is 0 Å².